The number of aryl methyl sites for hydroxylation is 1. The molecule has 1 rings (SSSR count). The van der Waals surface area contributed by atoms with Crippen LogP contribution in [0.3, 0.4) is 0 Å². The molecule has 0 aromatic carbocycles. The van der Waals surface area contributed by atoms with Gasteiger partial charge in [0.15, 0.2) is 0 Å². The second-order valence-corrected chi connectivity index (χ2v) is 2.46. The van der Waals surface area contributed by atoms with Crippen LogP contribution in [0.4, 0.5) is 5.69 Å². The van der Waals surface area contributed by atoms with Gasteiger partial charge in [0.1, 0.15) is 5.15 Å². The van der Waals surface area contributed by atoms with E-state index in [-0.39, 0.29) is 0 Å². The number of pyridine rings is 1. The first-order valence-electron chi connectivity index (χ1n) is 4.04. The molecule has 0 aliphatic carbocycles. The topological polar surface area (TPSA) is 24.9 Å². The number of hydrogen-bond donors (Lipinski definition) is 1. The molecule has 12 heavy (non-hydrogen) atoms. The number of halogens is 1. The summed E-state index contributed by atoms with van der Waals surface area (Å²) < 4.78 is 0. The van der Waals surface area contributed by atoms with Crippen molar-refractivity contribution >= 4 is 17.3 Å². The predicted octanol–water partition coefficient (Wildman–Crippen LogP) is 3.11. The Morgan fingerprint density at radius 1 is 1.42 bits per heavy atom. The maximum atomic E-state index is 5.64. The van der Waals surface area contributed by atoms with E-state index in [1.807, 2.05) is 27.8 Å². The lowest BCUT2D eigenvalue weighted by atomic mass is 10.3. The highest BCUT2D eigenvalue weighted by molar-refractivity contribution is 6.29. The Morgan fingerprint density at radius 3 is 2.42 bits per heavy atom. The molecule has 0 aliphatic heterocycles. The van der Waals surface area contributed by atoms with Gasteiger partial charge in [0.2, 0.25) is 0 Å². The fourth-order valence-electron chi connectivity index (χ4n) is 0.768. The standard InChI is InChI=1S/C7H9ClN2.C2H6/c1-5-4-10-7(8)3-6(5)9-2;1-2/h3-4H,1-2H3,(H,9,10);1-2H3. The molecule has 68 valence electrons. The predicted molar refractivity (Wildman–Crippen MR) is 54.9 cm³/mol. The molecule has 0 saturated heterocycles. The van der Waals surface area contributed by atoms with E-state index in [1.54, 1.807) is 12.3 Å². The summed E-state index contributed by atoms with van der Waals surface area (Å²) in [5, 5.41) is 3.53. The Hall–Kier alpha value is -0.760. The SMILES string of the molecule is CC.CNc1cc(Cl)ncc1C. The third kappa shape index (κ3) is 3.09. The fraction of sp³-hybridized carbons (Fsp3) is 0.444. The Bertz CT molecular complexity index is 236. The first-order chi connectivity index (χ1) is 5.74. The first kappa shape index (κ1) is 11.2. The normalized spacial score (nSPS) is 8.42. The van der Waals surface area contributed by atoms with Crippen LogP contribution in [0, 0.1) is 6.92 Å². The molecule has 1 aromatic heterocycles. The van der Waals surface area contributed by atoms with Crippen LogP contribution in [-0.2, 0) is 0 Å². The minimum atomic E-state index is 0.523. The molecule has 0 radical (unpaired) electrons. The van der Waals surface area contributed by atoms with Crippen LogP contribution in [0.5, 0.6) is 0 Å². The number of rotatable bonds is 1. The summed E-state index contributed by atoms with van der Waals surface area (Å²) in [4.78, 5) is 3.91. The van der Waals surface area contributed by atoms with Crippen molar-refractivity contribution in [2.45, 2.75) is 20.8 Å². The minimum absolute atomic E-state index is 0.523. The van der Waals surface area contributed by atoms with Crippen molar-refractivity contribution in [2.24, 2.45) is 0 Å². The lowest BCUT2D eigenvalue weighted by Gasteiger charge is -2.02. The zero-order chi connectivity index (χ0) is 9.56. The number of anilines is 1. The molecule has 1 heterocycles. The van der Waals surface area contributed by atoms with Crippen LogP contribution >= 0.6 is 11.6 Å². The average molecular weight is 187 g/mol. The van der Waals surface area contributed by atoms with Crippen molar-refractivity contribution in [3.8, 4) is 0 Å². The molecule has 1 N–H and O–H groups in total. The van der Waals surface area contributed by atoms with Crippen LogP contribution in [-0.4, -0.2) is 12.0 Å². The first-order valence-corrected chi connectivity index (χ1v) is 4.41. The smallest absolute Gasteiger partial charge is 0.131 e. The van der Waals surface area contributed by atoms with Gasteiger partial charge in [-0.1, -0.05) is 25.4 Å². The van der Waals surface area contributed by atoms with Crippen molar-refractivity contribution in [3.63, 3.8) is 0 Å². The van der Waals surface area contributed by atoms with Gasteiger partial charge in [0.25, 0.3) is 0 Å². The van der Waals surface area contributed by atoms with Crippen LogP contribution in [0.15, 0.2) is 12.3 Å². The summed E-state index contributed by atoms with van der Waals surface area (Å²) in [5.74, 6) is 0. The van der Waals surface area contributed by atoms with Crippen molar-refractivity contribution in [1.29, 1.82) is 0 Å². The Balaban J connectivity index is 0.000000561. The lowest BCUT2D eigenvalue weighted by Crippen LogP contribution is -1.91. The Labute approximate surface area is 79.0 Å². The van der Waals surface area contributed by atoms with E-state index >= 15 is 0 Å². The summed E-state index contributed by atoms with van der Waals surface area (Å²) in [6, 6.07) is 1.80. The highest BCUT2D eigenvalue weighted by atomic mass is 35.5. The summed E-state index contributed by atoms with van der Waals surface area (Å²) in [7, 11) is 1.86. The Kier molecular flexibility index (Phi) is 5.47. The van der Waals surface area contributed by atoms with Crippen LogP contribution in [0.1, 0.15) is 19.4 Å². The van der Waals surface area contributed by atoms with Gasteiger partial charge in [-0.15, -0.1) is 0 Å². The molecule has 2 nitrogen and oxygen atoms in total. The number of hydrogen-bond acceptors (Lipinski definition) is 2. The van der Waals surface area contributed by atoms with Crippen LogP contribution in [0.25, 0.3) is 0 Å². The van der Waals surface area contributed by atoms with E-state index < -0.39 is 0 Å². The van der Waals surface area contributed by atoms with E-state index in [9.17, 15) is 0 Å². The van der Waals surface area contributed by atoms with Crippen LogP contribution in [0.2, 0.25) is 5.15 Å². The molecule has 0 fully saturated rings. The summed E-state index contributed by atoms with van der Waals surface area (Å²) in [5.41, 5.74) is 2.13. The molecule has 0 aliphatic rings. The van der Waals surface area contributed by atoms with Crippen molar-refractivity contribution < 1.29 is 0 Å². The molecule has 0 saturated carbocycles. The highest BCUT2D eigenvalue weighted by Gasteiger charge is 1.95. The third-order valence-corrected chi connectivity index (χ3v) is 1.55. The lowest BCUT2D eigenvalue weighted by molar-refractivity contribution is 1.26. The zero-order valence-corrected chi connectivity index (χ0v) is 8.74. The van der Waals surface area contributed by atoms with E-state index in [1.165, 1.54) is 0 Å². The van der Waals surface area contributed by atoms with E-state index in [0.29, 0.717) is 5.15 Å². The van der Waals surface area contributed by atoms with Crippen LogP contribution < -0.4 is 5.32 Å². The molecular formula is C9H15ClN2. The molecule has 0 atom stereocenters. The van der Waals surface area contributed by atoms with Gasteiger partial charge in [-0.2, -0.15) is 0 Å². The van der Waals surface area contributed by atoms with E-state index in [2.05, 4.69) is 10.3 Å². The largest absolute Gasteiger partial charge is 0.388 e. The third-order valence-electron chi connectivity index (χ3n) is 1.34. The number of aromatic nitrogens is 1. The molecule has 0 bridgehead atoms. The molecule has 3 heteroatoms. The average Bonchev–Trinajstić information content (AvgIpc) is 2.13. The van der Waals surface area contributed by atoms with E-state index in [0.717, 1.165) is 11.3 Å². The van der Waals surface area contributed by atoms with Gasteiger partial charge in [-0.05, 0) is 18.6 Å². The molecule has 0 spiro atoms. The summed E-state index contributed by atoms with van der Waals surface area (Å²) in [6.07, 6.45) is 1.74. The van der Waals surface area contributed by atoms with Gasteiger partial charge in [-0.25, -0.2) is 4.98 Å². The molecule has 1 aromatic rings. The quantitative estimate of drug-likeness (QED) is 0.682. The second kappa shape index (κ2) is 5.84. The van der Waals surface area contributed by atoms with E-state index in [4.69, 9.17) is 11.6 Å². The van der Waals surface area contributed by atoms with Crippen molar-refractivity contribution in [3.05, 3.63) is 23.0 Å². The monoisotopic (exact) mass is 186 g/mol. The van der Waals surface area contributed by atoms with Crippen molar-refractivity contribution in [2.75, 3.05) is 12.4 Å². The van der Waals surface area contributed by atoms with Gasteiger partial charge in [0, 0.05) is 18.9 Å². The molecular weight excluding hydrogens is 172 g/mol. The minimum Gasteiger partial charge on any atom is -0.388 e. The fourth-order valence-corrected chi connectivity index (χ4v) is 0.925. The number of nitrogens with one attached hydrogen (secondary N) is 1. The molecule has 0 amide bonds. The summed E-state index contributed by atoms with van der Waals surface area (Å²) >= 11 is 5.64. The Morgan fingerprint density at radius 2 is 2.00 bits per heavy atom. The van der Waals surface area contributed by atoms with Gasteiger partial charge in [0.05, 0.1) is 0 Å². The summed E-state index contributed by atoms with van der Waals surface area (Å²) in [6.45, 7) is 5.98. The maximum absolute atomic E-state index is 5.64. The van der Waals surface area contributed by atoms with Gasteiger partial charge >= 0.3 is 0 Å². The zero-order valence-electron chi connectivity index (χ0n) is 7.98. The second-order valence-electron chi connectivity index (χ2n) is 2.07. The van der Waals surface area contributed by atoms with Gasteiger partial charge in [-0.3, -0.25) is 0 Å². The highest BCUT2D eigenvalue weighted by Crippen LogP contribution is 2.16. The molecule has 0 unspecified atom stereocenters. The number of nitrogens with zero attached hydrogens (tertiary/aromatic N) is 1. The van der Waals surface area contributed by atoms with Gasteiger partial charge < -0.3 is 5.32 Å². The van der Waals surface area contributed by atoms with Crippen molar-refractivity contribution in [1.82, 2.24) is 4.98 Å². The maximum Gasteiger partial charge on any atom is 0.131 e.